The first kappa shape index (κ1) is 34.9. The summed E-state index contributed by atoms with van der Waals surface area (Å²) in [5.41, 5.74) is 6.57. The number of rotatable bonds is 8. The van der Waals surface area contributed by atoms with E-state index in [1.54, 1.807) is 14.1 Å². The molecule has 0 spiro atoms. The van der Waals surface area contributed by atoms with E-state index in [4.69, 9.17) is 37.8 Å². The third-order valence-electron chi connectivity index (χ3n) is 7.38. The van der Waals surface area contributed by atoms with Crippen molar-refractivity contribution in [3.8, 4) is 0 Å². The normalized spacial score (nSPS) is 17.2. The quantitative estimate of drug-likeness (QED) is 0.0984. The van der Waals surface area contributed by atoms with Crippen LogP contribution in [0.5, 0.6) is 0 Å². The van der Waals surface area contributed by atoms with Crippen LogP contribution in [0.4, 0.5) is 0 Å². The van der Waals surface area contributed by atoms with Crippen LogP contribution in [0.1, 0.15) is 48.9 Å². The van der Waals surface area contributed by atoms with Gasteiger partial charge in [0.1, 0.15) is 11.8 Å². The number of carbonyl (C=O) groups is 3. The molecule has 11 heteroatoms. The molecule has 5 rings (SSSR count). The van der Waals surface area contributed by atoms with Crippen molar-refractivity contribution in [3.05, 3.63) is 94.3 Å². The highest BCUT2D eigenvalue weighted by molar-refractivity contribution is 6.40. The van der Waals surface area contributed by atoms with Crippen LogP contribution in [0.15, 0.2) is 72.0 Å². The molecule has 2 aliphatic carbocycles. The summed E-state index contributed by atoms with van der Waals surface area (Å²) in [6.45, 7) is 2.93. The van der Waals surface area contributed by atoms with E-state index in [1.807, 2.05) is 30.3 Å². The van der Waals surface area contributed by atoms with Crippen LogP contribution >= 0.6 is 23.2 Å². The monoisotopic (exact) mass is 644 g/mol. The van der Waals surface area contributed by atoms with Crippen molar-refractivity contribution in [2.75, 3.05) is 19.4 Å². The second-order valence-corrected chi connectivity index (χ2v) is 11.5. The van der Waals surface area contributed by atoms with Gasteiger partial charge in [0.15, 0.2) is 5.57 Å². The first-order valence-electron chi connectivity index (χ1n) is 14.1. The van der Waals surface area contributed by atoms with Crippen molar-refractivity contribution < 1.29 is 34.1 Å². The lowest BCUT2D eigenvalue weighted by Crippen LogP contribution is -2.44. The number of nitrogens with one attached hydrogen (secondary N) is 2. The van der Waals surface area contributed by atoms with Gasteiger partial charge < -0.3 is 30.3 Å². The highest BCUT2D eigenvalue weighted by atomic mass is 35.5. The molecule has 44 heavy (non-hydrogen) atoms. The zero-order chi connectivity index (χ0) is 32.4. The summed E-state index contributed by atoms with van der Waals surface area (Å²) in [4.78, 5) is 35.2. The maximum absolute atomic E-state index is 12.1. The van der Waals surface area contributed by atoms with E-state index in [2.05, 4.69) is 41.0 Å². The van der Waals surface area contributed by atoms with Gasteiger partial charge in [-0.3, -0.25) is 4.79 Å². The number of aliphatic carboxylic acids is 1. The Morgan fingerprint density at radius 3 is 1.64 bits per heavy atom. The molecule has 1 saturated heterocycles. The number of cyclic esters (lactones) is 2. The first-order chi connectivity index (χ1) is 21.0. The summed E-state index contributed by atoms with van der Waals surface area (Å²) in [6, 6.07) is 15.1. The smallest absolute Gasteiger partial charge is 0.352 e. The van der Waals surface area contributed by atoms with Crippen molar-refractivity contribution in [1.82, 2.24) is 10.6 Å². The van der Waals surface area contributed by atoms with Gasteiger partial charge in [0, 0.05) is 13.8 Å². The number of aliphatic hydroxyl groups is 1. The lowest BCUT2D eigenvalue weighted by molar-refractivity contribution is -0.222. The van der Waals surface area contributed by atoms with Crippen LogP contribution in [-0.2, 0) is 36.7 Å². The van der Waals surface area contributed by atoms with Crippen LogP contribution < -0.4 is 10.6 Å². The van der Waals surface area contributed by atoms with Crippen LogP contribution in [-0.4, -0.2) is 65.4 Å². The van der Waals surface area contributed by atoms with Gasteiger partial charge in [-0.2, -0.15) is 0 Å². The number of carboxylic acids is 1. The molecule has 0 saturated carbocycles. The van der Waals surface area contributed by atoms with Crippen LogP contribution in [0.2, 0.25) is 0 Å². The van der Waals surface area contributed by atoms with Gasteiger partial charge in [0.05, 0.1) is 11.4 Å². The number of hydrogen-bond donors (Lipinski definition) is 4. The Morgan fingerprint density at radius 1 is 0.818 bits per heavy atom. The Bertz CT molecular complexity index is 1440. The van der Waals surface area contributed by atoms with Gasteiger partial charge in [0.2, 0.25) is 0 Å². The van der Waals surface area contributed by atoms with Crippen LogP contribution in [0, 0.1) is 0 Å². The minimum Gasteiger partial charge on any atom is -0.509 e. The fourth-order valence-electron chi connectivity index (χ4n) is 5.22. The standard InChI is InChI=1S/C19H21NO5.C13H15NO2.CH2Cl2/c1-19(2)24-17(22)15(18(23)25-19)16(21)14(20-3)10-12-9-8-11-6-4-5-7-13(11)12;1-14-12(13(15)16)8-10-7-6-9-4-2-3-5-11(9)10;2-1-3/h4-7,9,14,20-21H,8,10H2,1-3H3;2-5,7,12,14H,6,8H2,1H3,(H,15,16);1H2/t14-;12-;/m11./s1. The first-order valence-corrected chi connectivity index (χ1v) is 15.2. The van der Waals surface area contributed by atoms with Gasteiger partial charge in [0.25, 0.3) is 5.79 Å². The summed E-state index contributed by atoms with van der Waals surface area (Å²) in [5, 5.41) is 25.5. The third-order valence-corrected chi connectivity index (χ3v) is 7.38. The molecule has 1 aliphatic heterocycles. The molecule has 2 aromatic rings. The maximum atomic E-state index is 12.1. The molecule has 2 aromatic carbocycles. The predicted octanol–water partition coefficient (Wildman–Crippen LogP) is 5.36. The highest BCUT2D eigenvalue weighted by Gasteiger charge is 2.42. The molecule has 0 radical (unpaired) electrons. The summed E-state index contributed by atoms with van der Waals surface area (Å²) >= 11 is 9.53. The molecule has 236 valence electrons. The number of ether oxygens (including phenoxy) is 2. The molecule has 0 amide bonds. The third kappa shape index (κ3) is 8.72. The van der Waals surface area contributed by atoms with Crippen molar-refractivity contribution >= 4 is 52.3 Å². The van der Waals surface area contributed by atoms with Gasteiger partial charge in [-0.05, 0) is 73.2 Å². The van der Waals surface area contributed by atoms with Crippen molar-refractivity contribution in [3.63, 3.8) is 0 Å². The fourth-order valence-corrected chi connectivity index (χ4v) is 5.22. The zero-order valence-corrected chi connectivity index (χ0v) is 26.7. The number of carboxylic acid groups (broad SMARTS) is 1. The Labute approximate surface area is 267 Å². The molecule has 1 fully saturated rings. The number of carbonyl (C=O) groups excluding carboxylic acids is 2. The van der Waals surface area contributed by atoms with Gasteiger partial charge in [-0.25, -0.2) is 9.59 Å². The number of esters is 2. The number of hydrogen-bond acceptors (Lipinski definition) is 8. The molecule has 0 unspecified atom stereocenters. The summed E-state index contributed by atoms with van der Waals surface area (Å²) < 4.78 is 10.1. The SMILES string of the molecule is CN[C@H](CC1=CCc2ccccc21)C(=O)O.CN[C@H](CC1=CCc2ccccc21)C(O)=C1C(=O)OC(C)(C)OC1=O.ClCCl. The molecule has 2 atom stereocenters. The van der Waals surface area contributed by atoms with Crippen molar-refractivity contribution in [1.29, 1.82) is 0 Å². The number of alkyl halides is 2. The minimum absolute atomic E-state index is 0.194. The largest absolute Gasteiger partial charge is 0.509 e. The van der Waals surface area contributed by atoms with Crippen molar-refractivity contribution in [2.45, 2.75) is 57.4 Å². The topological polar surface area (TPSA) is 134 Å². The zero-order valence-electron chi connectivity index (χ0n) is 25.2. The lowest BCUT2D eigenvalue weighted by Gasteiger charge is -2.31. The molecular formula is C33H38Cl2N2O7. The summed E-state index contributed by atoms with van der Waals surface area (Å²) in [6.07, 6.45) is 6.94. The number of fused-ring (bicyclic) bond motifs is 2. The van der Waals surface area contributed by atoms with E-state index in [1.165, 1.54) is 30.5 Å². The lowest BCUT2D eigenvalue weighted by atomic mass is 9.97. The Balaban J connectivity index is 0.000000239. The van der Waals surface area contributed by atoms with Crippen molar-refractivity contribution in [2.24, 2.45) is 0 Å². The molecular weight excluding hydrogens is 607 g/mol. The average molecular weight is 646 g/mol. The van der Waals surface area contributed by atoms with E-state index in [-0.39, 0.29) is 11.1 Å². The molecule has 0 aromatic heterocycles. The number of allylic oxidation sites excluding steroid dienone is 2. The van der Waals surface area contributed by atoms with Gasteiger partial charge in [-0.15, -0.1) is 23.2 Å². The Hall–Kier alpha value is -3.63. The number of likely N-dealkylation sites (N-methyl/N-ethyl adjacent to an activating group) is 2. The van der Waals surface area contributed by atoms with E-state index in [9.17, 15) is 19.5 Å². The molecule has 0 bridgehead atoms. The molecule has 1 heterocycles. The Morgan fingerprint density at radius 2 is 1.23 bits per heavy atom. The average Bonchev–Trinajstić information content (AvgIpc) is 3.58. The fraction of sp³-hybridized carbons (Fsp3) is 0.364. The number of aliphatic hydroxyl groups excluding tert-OH is 1. The van der Waals surface area contributed by atoms with E-state index >= 15 is 0 Å². The summed E-state index contributed by atoms with van der Waals surface area (Å²) in [5.74, 6) is -4.24. The van der Waals surface area contributed by atoms with Gasteiger partial charge >= 0.3 is 17.9 Å². The highest BCUT2D eigenvalue weighted by Crippen LogP contribution is 2.33. The predicted molar refractivity (Wildman–Crippen MR) is 171 cm³/mol. The number of halogens is 2. The van der Waals surface area contributed by atoms with E-state index < -0.39 is 41.4 Å². The number of benzene rings is 2. The second kappa shape index (κ2) is 15.9. The summed E-state index contributed by atoms with van der Waals surface area (Å²) in [7, 11) is 3.34. The molecule has 3 aliphatic rings. The second-order valence-electron chi connectivity index (χ2n) is 10.7. The van der Waals surface area contributed by atoms with Crippen LogP contribution in [0.3, 0.4) is 0 Å². The van der Waals surface area contributed by atoms with E-state index in [0.29, 0.717) is 12.8 Å². The van der Waals surface area contributed by atoms with Crippen LogP contribution in [0.25, 0.3) is 11.1 Å². The Kier molecular flexibility index (Phi) is 12.6. The molecule has 9 nitrogen and oxygen atoms in total. The van der Waals surface area contributed by atoms with E-state index in [0.717, 1.165) is 29.6 Å². The minimum atomic E-state index is -1.33. The molecule has 4 N–H and O–H groups in total. The van der Waals surface area contributed by atoms with Gasteiger partial charge in [-0.1, -0.05) is 60.7 Å². The maximum Gasteiger partial charge on any atom is 0.352 e.